The van der Waals surface area contributed by atoms with Crippen LogP contribution < -0.4 is 15.5 Å². The first-order valence-electron chi connectivity index (χ1n) is 9.54. The van der Waals surface area contributed by atoms with Crippen molar-refractivity contribution in [2.24, 2.45) is 0 Å². The van der Waals surface area contributed by atoms with Crippen LogP contribution in [0.1, 0.15) is 12.8 Å². The molecule has 6 nitrogen and oxygen atoms in total. The number of carbonyl (C=O) groups excluding carboxylic acids is 1. The predicted octanol–water partition coefficient (Wildman–Crippen LogP) is 3.21. The number of aromatic nitrogens is 3. The van der Waals surface area contributed by atoms with Gasteiger partial charge in [-0.2, -0.15) is 0 Å². The number of hydrogen-bond donors (Lipinski definition) is 1. The van der Waals surface area contributed by atoms with Gasteiger partial charge in [-0.05, 0) is 36.3 Å². The van der Waals surface area contributed by atoms with Crippen LogP contribution in [0.15, 0.2) is 42.9 Å². The number of halogens is 2. The van der Waals surface area contributed by atoms with Crippen molar-refractivity contribution >= 4 is 38.4 Å². The first-order valence-corrected chi connectivity index (χ1v) is 10.5. The highest BCUT2D eigenvalue weighted by atomic mass is 35.5. The summed E-state index contributed by atoms with van der Waals surface area (Å²) >= 11 is 6.39. The molecule has 30 heavy (non-hydrogen) atoms. The molecule has 1 atom stereocenters. The molecular weight excluding hydrogens is 424 g/mol. The van der Waals surface area contributed by atoms with Crippen molar-refractivity contribution in [3.63, 3.8) is 0 Å². The lowest BCUT2D eigenvalue weighted by atomic mass is 10.0. The van der Waals surface area contributed by atoms with Crippen LogP contribution in [0, 0.1) is 5.82 Å². The molecule has 1 saturated heterocycles. The highest BCUT2D eigenvalue weighted by molar-refractivity contribution is 7.27. The van der Waals surface area contributed by atoms with E-state index in [1.165, 1.54) is 12.3 Å². The maximum absolute atomic E-state index is 14.7. The van der Waals surface area contributed by atoms with E-state index < -0.39 is 0 Å². The van der Waals surface area contributed by atoms with E-state index in [1.54, 1.807) is 30.6 Å². The van der Waals surface area contributed by atoms with E-state index >= 15 is 0 Å². The molecule has 0 radical (unpaired) electrons. The third kappa shape index (κ3) is 4.27. The molecule has 1 unspecified atom stereocenters. The molecule has 1 N–H and O–H groups in total. The zero-order valence-electron chi connectivity index (χ0n) is 16.1. The van der Waals surface area contributed by atoms with Crippen LogP contribution >= 0.6 is 20.8 Å². The first kappa shape index (κ1) is 20.6. The van der Waals surface area contributed by atoms with Gasteiger partial charge in [0.15, 0.2) is 0 Å². The van der Waals surface area contributed by atoms with Gasteiger partial charge in [0.05, 0.1) is 16.9 Å². The fourth-order valence-electron chi connectivity index (χ4n) is 3.58. The minimum Gasteiger partial charge on any atom is -0.356 e. The van der Waals surface area contributed by atoms with Crippen LogP contribution in [0.3, 0.4) is 0 Å². The monoisotopic (exact) mass is 443 g/mol. The Hall–Kier alpha value is -2.63. The molecule has 0 spiro atoms. The second kappa shape index (κ2) is 9.02. The molecule has 1 aromatic carbocycles. The third-order valence-corrected chi connectivity index (χ3v) is 5.82. The van der Waals surface area contributed by atoms with E-state index in [2.05, 4.69) is 29.4 Å². The molecule has 1 amide bonds. The number of nitrogens with one attached hydrogen (secondary N) is 1. The molecule has 0 aliphatic carbocycles. The second-order valence-corrected chi connectivity index (χ2v) is 8.14. The third-order valence-electron chi connectivity index (χ3n) is 5.16. The number of carbonyl (C=O) groups is 1. The average molecular weight is 444 g/mol. The Bertz CT molecular complexity index is 1080. The van der Waals surface area contributed by atoms with Gasteiger partial charge in [0.2, 0.25) is 6.41 Å². The summed E-state index contributed by atoms with van der Waals surface area (Å²) in [6.45, 7) is 1.47. The van der Waals surface area contributed by atoms with Crippen molar-refractivity contribution in [1.82, 2.24) is 20.3 Å². The molecule has 1 aliphatic rings. The van der Waals surface area contributed by atoms with Gasteiger partial charge >= 0.3 is 0 Å². The van der Waals surface area contributed by atoms with Crippen LogP contribution in [-0.2, 0) is 4.79 Å². The summed E-state index contributed by atoms with van der Waals surface area (Å²) in [5, 5.41) is 4.00. The van der Waals surface area contributed by atoms with Gasteiger partial charge < -0.3 is 10.2 Å². The summed E-state index contributed by atoms with van der Waals surface area (Å²) in [6, 6.07) is 6.86. The fraction of sp³-hybridized carbons (Fsp3) is 0.238. The summed E-state index contributed by atoms with van der Waals surface area (Å²) in [5.41, 5.74) is 1.93. The van der Waals surface area contributed by atoms with E-state index in [0.717, 1.165) is 37.6 Å². The number of anilines is 1. The lowest BCUT2D eigenvalue weighted by molar-refractivity contribution is -0.110. The Balaban J connectivity index is 1.77. The zero-order valence-corrected chi connectivity index (χ0v) is 18.0. The lowest BCUT2D eigenvalue weighted by Crippen LogP contribution is -2.42. The Labute approximate surface area is 181 Å². The molecule has 1 fully saturated rings. The van der Waals surface area contributed by atoms with Crippen LogP contribution in [0.25, 0.3) is 22.5 Å². The quantitative estimate of drug-likeness (QED) is 0.484. The normalized spacial score (nSPS) is 14.6. The zero-order chi connectivity index (χ0) is 21.1. The SMILES string of the molecule is O=CNC1CCN(c2cnc(-c3ccc(P)cc3F)c(-c3ccncc3Cl)n2)CC1. The van der Waals surface area contributed by atoms with Gasteiger partial charge in [-0.1, -0.05) is 17.7 Å². The number of hydrogen-bond acceptors (Lipinski definition) is 5. The van der Waals surface area contributed by atoms with E-state index in [4.69, 9.17) is 16.6 Å². The van der Waals surface area contributed by atoms with Gasteiger partial charge in [-0.3, -0.25) is 9.78 Å². The molecule has 4 rings (SSSR count). The summed E-state index contributed by atoms with van der Waals surface area (Å²) in [6.07, 6.45) is 7.20. The van der Waals surface area contributed by atoms with Crippen molar-refractivity contribution in [3.8, 4) is 22.5 Å². The number of piperidine rings is 1. The van der Waals surface area contributed by atoms with Crippen molar-refractivity contribution in [3.05, 3.63) is 53.7 Å². The van der Waals surface area contributed by atoms with Crippen molar-refractivity contribution in [2.45, 2.75) is 18.9 Å². The van der Waals surface area contributed by atoms with Crippen molar-refractivity contribution in [2.75, 3.05) is 18.0 Å². The Kier molecular flexibility index (Phi) is 6.21. The summed E-state index contributed by atoms with van der Waals surface area (Å²) < 4.78 is 14.7. The summed E-state index contributed by atoms with van der Waals surface area (Å²) in [4.78, 5) is 26.2. The van der Waals surface area contributed by atoms with Crippen LogP contribution in [0.2, 0.25) is 5.02 Å². The van der Waals surface area contributed by atoms with Crippen molar-refractivity contribution < 1.29 is 9.18 Å². The highest BCUT2D eigenvalue weighted by Crippen LogP contribution is 2.35. The molecule has 2 aromatic heterocycles. The number of nitrogens with zero attached hydrogens (tertiary/aromatic N) is 4. The lowest BCUT2D eigenvalue weighted by Gasteiger charge is -2.32. The standard InChI is InChI=1S/C21H20ClFN5OP/c22-17-10-24-6-3-15(17)21-20(16-2-1-14(30)9-18(16)23)25-11-19(27-21)28-7-4-13(5-8-28)26-12-29/h1-3,6,9-13H,4-5,7-8,30H2,(H,26,29). The van der Waals surface area contributed by atoms with E-state index in [9.17, 15) is 9.18 Å². The smallest absolute Gasteiger partial charge is 0.207 e. The summed E-state index contributed by atoms with van der Waals surface area (Å²) in [5.74, 6) is 0.311. The molecule has 3 aromatic rings. The Morgan fingerprint density at radius 2 is 1.97 bits per heavy atom. The summed E-state index contributed by atoms with van der Waals surface area (Å²) in [7, 11) is 2.48. The minimum absolute atomic E-state index is 0.166. The second-order valence-electron chi connectivity index (χ2n) is 7.07. The average Bonchev–Trinajstić information content (AvgIpc) is 2.75. The van der Waals surface area contributed by atoms with E-state index in [0.29, 0.717) is 33.4 Å². The molecule has 1 aliphatic heterocycles. The number of amides is 1. The number of pyridine rings is 1. The van der Waals surface area contributed by atoms with Gasteiger partial charge in [-0.15, -0.1) is 9.24 Å². The van der Waals surface area contributed by atoms with Crippen LogP contribution in [0.4, 0.5) is 10.2 Å². The molecule has 3 heterocycles. The Morgan fingerprint density at radius 1 is 1.17 bits per heavy atom. The number of rotatable bonds is 5. The van der Waals surface area contributed by atoms with Crippen LogP contribution in [-0.4, -0.2) is 40.5 Å². The molecule has 9 heteroatoms. The molecular formula is C21H20ClFN5OP. The maximum atomic E-state index is 14.7. The first-order chi connectivity index (χ1) is 14.6. The van der Waals surface area contributed by atoms with Crippen LogP contribution in [0.5, 0.6) is 0 Å². The van der Waals surface area contributed by atoms with Gasteiger partial charge in [0.1, 0.15) is 17.3 Å². The molecule has 0 bridgehead atoms. The Morgan fingerprint density at radius 3 is 2.67 bits per heavy atom. The fourth-order valence-corrected chi connectivity index (χ4v) is 4.03. The maximum Gasteiger partial charge on any atom is 0.207 e. The minimum atomic E-state index is -0.378. The van der Waals surface area contributed by atoms with Gasteiger partial charge in [-0.25, -0.2) is 14.4 Å². The highest BCUT2D eigenvalue weighted by Gasteiger charge is 2.23. The predicted molar refractivity (Wildman–Crippen MR) is 119 cm³/mol. The van der Waals surface area contributed by atoms with Gasteiger partial charge in [0, 0.05) is 42.7 Å². The van der Waals surface area contributed by atoms with E-state index in [-0.39, 0.29) is 11.9 Å². The van der Waals surface area contributed by atoms with E-state index in [1.807, 2.05) is 0 Å². The largest absolute Gasteiger partial charge is 0.356 e. The molecule has 0 saturated carbocycles. The molecule has 154 valence electrons. The van der Waals surface area contributed by atoms with Crippen molar-refractivity contribution in [1.29, 1.82) is 0 Å². The van der Waals surface area contributed by atoms with Gasteiger partial charge in [0.25, 0.3) is 0 Å². The topological polar surface area (TPSA) is 71.0 Å². The number of benzene rings is 1.